The first kappa shape index (κ1) is 15.6. The van der Waals surface area contributed by atoms with Crippen molar-refractivity contribution in [1.29, 1.82) is 0 Å². The average Bonchev–Trinajstić information content (AvgIpc) is 2.44. The number of ether oxygens (including phenoxy) is 3. The summed E-state index contributed by atoms with van der Waals surface area (Å²) in [6, 6.07) is 5.78. The maximum Gasteiger partial charge on any atom is 0.163 e. The van der Waals surface area contributed by atoms with Gasteiger partial charge in [-0.25, -0.2) is 0 Å². The smallest absolute Gasteiger partial charge is 0.163 e. The van der Waals surface area contributed by atoms with Gasteiger partial charge in [0.1, 0.15) is 6.61 Å². The van der Waals surface area contributed by atoms with Gasteiger partial charge in [0.2, 0.25) is 0 Å². The van der Waals surface area contributed by atoms with Crippen LogP contribution in [0.1, 0.15) is 13.8 Å². The Morgan fingerprint density at radius 1 is 1.21 bits per heavy atom. The number of benzene rings is 1. The number of hydrogen-bond acceptors (Lipinski definition) is 5. The second-order valence-corrected chi connectivity index (χ2v) is 4.31. The average molecular weight is 269 g/mol. The Kier molecular flexibility index (Phi) is 6.45. The Balaban J connectivity index is 2.79. The fraction of sp³-hybridized carbons (Fsp3) is 0.571. The van der Waals surface area contributed by atoms with E-state index < -0.39 is 0 Å². The molecule has 0 saturated carbocycles. The molecule has 5 heteroatoms. The third kappa shape index (κ3) is 4.61. The first-order valence-electron chi connectivity index (χ1n) is 6.33. The molecule has 0 aliphatic heterocycles. The van der Waals surface area contributed by atoms with Crippen molar-refractivity contribution in [3.63, 3.8) is 0 Å². The monoisotopic (exact) mass is 269 g/mol. The van der Waals surface area contributed by atoms with Crippen LogP contribution in [0.15, 0.2) is 18.2 Å². The molecule has 1 rings (SSSR count). The van der Waals surface area contributed by atoms with E-state index in [9.17, 15) is 0 Å². The fourth-order valence-corrected chi connectivity index (χ4v) is 1.62. The Morgan fingerprint density at radius 2 is 1.95 bits per heavy atom. The van der Waals surface area contributed by atoms with Gasteiger partial charge >= 0.3 is 0 Å². The van der Waals surface area contributed by atoms with Crippen molar-refractivity contribution < 1.29 is 19.3 Å². The standard InChI is InChI=1S/C14H23NO4/c1-10(11(2)17-3)15-12-5-6-13(18-4)14(9-12)19-8-7-16/h5-6,9-11,15-16H,7-8H2,1-4H3. The number of methoxy groups -OCH3 is 2. The van der Waals surface area contributed by atoms with Gasteiger partial charge in [0.25, 0.3) is 0 Å². The number of rotatable bonds is 8. The molecule has 1 aromatic rings. The second kappa shape index (κ2) is 7.86. The van der Waals surface area contributed by atoms with Gasteiger partial charge in [-0.15, -0.1) is 0 Å². The highest BCUT2D eigenvalue weighted by Gasteiger charge is 2.12. The summed E-state index contributed by atoms with van der Waals surface area (Å²) >= 11 is 0. The summed E-state index contributed by atoms with van der Waals surface area (Å²) in [5.41, 5.74) is 0.921. The van der Waals surface area contributed by atoms with Gasteiger partial charge in [0.15, 0.2) is 11.5 Å². The zero-order valence-corrected chi connectivity index (χ0v) is 12.0. The molecule has 0 aliphatic carbocycles. The maximum atomic E-state index is 8.81. The van der Waals surface area contributed by atoms with Crippen molar-refractivity contribution in [1.82, 2.24) is 0 Å². The Hall–Kier alpha value is -1.46. The van der Waals surface area contributed by atoms with Crippen LogP contribution < -0.4 is 14.8 Å². The van der Waals surface area contributed by atoms with E-state index in [1.165, 1.54) is 0 Å². The van der Waals surface area contributed by atoms with Gasteiger partial charge in [-0.05, 0) is 26.0 Å². The van der Waals surface area contributed by atoms with Crippen LogP contribution in [0, 0.1) is 0 Å². The van der Waals surface area contributed by atoms with Crippen LogP contribution in [0.2, 0.25) is 0 Å². The van der Waals surface area contributed by atoms with E-state index in [4.69, 9.17) is 19.3 Å². The van der Waals surface area contributed by atoms with E-state index in [-0.39, 0.29) is 25.4 Å². The molecule has 0 fully saturated rings. The fourth-order valence-electron chi connectivity index (χ4n) is 1.62. The van der Waals surface area contributed by atoms with E-state index in [0.717, 1.165) is 5.69 Å². The van der Waals surface area contributed by atoms with Crippen LogP contribution in [0.3, 0.4) is 0 Å². The van der Waals surface area contributed by atoms with E-state index in [1.54, 1.807) is 14.2 Å². The minimum absolute atomic E-state index is 0.0298. The third-order valence-corrected chi connectivity index (χ3v) is 2.98. The lowest BCUT2D eigenvalue weighted by atomic mass is 10.2. The molecule has 2 N–H and O–H groups in total. The maximum absolute atomic E-state index is 8.81. The first-order valence-corrected chi connectivity index (χ1v) is 6.33. The Labute approximate surface area is 114 Å². The predicted octanol–water partition coefficient (Wildman–Crippen LogP) is 1.90. The highest BCUT2D eigenvalue weighted by molar-refractivity contribution is 5.55. The van der Waals surface area contributed by atoms with Crippen LogP contribution in [0.5, 0.6) is 11.5 Å². The molecule has 5 nitrogen and oxygen atoms in total. The molecular formula is C14H23NO4. The summed E-state index contributed by atoms with van der Waals surface area (Å²) in [5, 5.41) is 12.2. The largest absolute Gasteiger partial charge is 0.493 e. The molecular weight excluding hydrogens is 246 g/mol. The summed E-state index contributed by atoms with van der Waals surface area (Å²) < 4.78 is 15.9. The molecule has 1 aromatic carbocycles. The molecule has 0 aliphatic rings. The van der Waals surface area contributed by atoms with Crippen LogP contribution in [-0.4, -0.2) is 44.7 Å². The lowest BCUT2D eigenvalue weighted by Crippen LogP contribution is -2.29. The van der Waals surface area contributed by atoms with Gasteiger partial charge in [0, 0.05) is 24.9 Å². The summed E-state index contributed by atoms with van der Waals surface area (Å²) in [4.78, 5) is 0. The number of nitrogens with one attached hydrogen (secondary N) is 1. The normalized spacial score (nSPS) is 13.7. The third-order valence-electron chi connectivity index (χ3n) is 2.98. The Bertz CT molecular complexity index is 384. The molecule has 0 spiro atoms. The molecule has 0 amide bonds. The molecule has 0 saturated heterocycles. The molecule has 19 heavy (non-hydrogen) atoms. The molecule has 108 valence electrons. The summed E-state index contributed by atoms with van der Waals surface area (Å²) in [7, 11) is 3.27. The minimum Gasteiger partial charge on any atom is -0.493 e. The summed E-state index contributed by atoms with van der Waals surface area (Å²) in [6.45, 7) is 4.26. The van der Waals surface area contributed by atoms with Crippen molar-refractivity contribution in [3.8, 4) is 11.5 Å². The quantitative estimate of drug-likeness (QED) is 0.755. The lowest BCUT2D eigenvalue weighted by molar-refractivity contribution is 0.106. The number of aliphatic hydroxyl groups is 1. The van der Waals surface area contributed by atoms with Crippen molar-refractivity contribution in [2.45, 2.75) is 26.0 Å². The van der Waals surface area contributed by atoms with Gasteiger partial charge < -0.3 is 24.6 Å². The zero-order valence-electron chi connectivity index (χ0n) is 12.0. The second-order valence-electron chi connectivity index (χ2n) is 4.31. The predicted molar refractivity (Wildman–Crippen MR) is 75.1 cm³/mol. The van der Waals surface area contributed by atoms with E-state index >= 15 is 0 Å². The van der Waals surface area contributed by atoms with Crippen molar-refractivity contribution in [3.05, 3.63) is 18.2 Å². The Morgan fingerprint density at radius 3 is 2.53 bits per heavy atom. The van der Waals surface area contributed by atoms with Crippen molar-refractivity contribution >= 4 is 5.69 Å². The molecule has 0 heterocycles. The van der Waals surface area contributed by atoms with E-state index in [1.807, 2.05) is 32.0 Å². The van der Waals surface area contributed by atoms with Crippen molar-refractivity contribution in [2.75, 3.05) is 32.8 Å². The van der Waals surface area contributed by atoms with Crippen LogP contribution >= 0.6 is 0 Å². The van der Waals surface area contributed by atoms with Gasteiger partial charge in [-0.3, -0.25) is 0 Å². The molecule has 2 atom stereocenters. The van der Waals surface area contributed by atoms with Gasteiger partial charge in [-0.1, -0.05) is 0 Å². The number of aliphatic hydroxyl groups excluding tert-OH is 1. The molecule has 0 bridgehead atoms. The molecule has 2 unspecified atom stereocenters. The van der Waals surface area contributed by atoms with E-state index in [2.05, 4.69) is 5.32 Å². The molecule has 0 aromatic heterocycles. The first-order chi connectivity index (χ1) is 9.12. The lowest BCUT2D eigenvalue weighted by Gasteiger charge is -2.21. The van der Waals surface area contributed by atoms with Crippen LogP contribution in [0.25, 0.3) is 0 Å². The van der Waals surface area contributed by atoms with Crippen LogP contribution in [-0.2, 0) is 4.74 Å². The van der Waals surface area contributed by atoms with Gasteiger partial charge in [-0.2, -0.15) is 0 Å². The summed E-state index contributed by atoms with van der Waals surface area (Å²) in [5.74, 6) is 1.25. The zero-order chi connectivity index (χ0) is 14.3. The highest BCUT2D eigenvalue weighted by atomic mass is 16.5. The van der Waals surface area contributed by atoms with Crippen molar-refractivity contribution in [2.24, 2.45) is 0 Å². The number of anilines is 1. The topological polar surface area (TPSA) is 60.0 Å². The summed E-state index contributed by atoms with van der Waals surface area (Å²) in [6.07, 6.45) is 0.101. The minimum atomic E-state index is -0.0298. The molecule has 0 radical (unpaired) electrons. The van der Waals surface area contributed by atoms with Gasteiger partial charge in [0.05, 0.1) is 19.8 Å². The number of hydrogen-bond donors (Lipinski definition) is 2. The van der Waals surface area contributed by atoms with Crippen LogP contribution in [0.4, 0.5) is 5.69 Å². The SMILES string of the molecule is COc1ccc(NC(C)C(C)OC)cc1OCCO. The van der Waals surface area contributed by atoms with E-state index in [0.29, 0.717) is 11.5 Å². The highest BCUT2D eigenvalue weighted by Crippen LogP contribution is 2.30.